The molecule has 0 aliphatic heterocycles. The summed E-state index contributed by atoms with van der Waals surface area (Å²) >= 11 is 1.40. The van der Waals surface area contributed by atoms with Crippen molar-refractivity contribution >= 4 is 27.3 Å². The molecule has 0 aromatic carbocycles. The topological polar surface area (TPSA) is 99.4 Å². The Hall–Kier alpha value is -1.64. The standard InChI is InChI=1S/C12H13NO5S2/c1-7-10(12(14)15)11(8(2)18-7)20(16,17)13-6-9-4-3-5-19-9/h3-5,13H,6H2,1-2H3,(H,14,15)/p-1. The van der Waals surface area contributed by atoms with Gasteiger partial charge in [-0.05, 0) is 25.3 Å². The van der Waals surface area contributed by atoms with E-state index in [2.05, 4.69) is 4.72 Å². The predicted molar refractivity (Wildman–Crippen MR) is 70.9 cm³/mol. The van der Waals surface area contributed by atoms with Crippen molar-refractivity contribution < 1.29 is 22.7 Å². The van der Waals surface area contributed by atoms with Crippen LogP contribution in [0.2, 0.25) is 0 Å². The molecule has 6 nitrogen and oxygen atoms in total. The monoisotopic (exact) mass is 314 g/mol. The van der Waals surface area contributed by atoms with Gasteiger partial charge < -0.3 is 14.3 Å². The summed E-state index contributed by atoms with van der Waals surface area (Å²) in [5.41, 5.74) is -0.429. The van der Waals surface area contributed by atoms with Gasteiger partial charge in [-0.25, -0.2) is 13.1 Å². The molecule has 2 rings (SSSR count). The molecule has 0 fully saturated rings. The van der Waals surface area contributed by atoms with E-state index in [4.69, 9.17) is 4.42 Å². The molecule has 2 aromatic heterocycles. The van der Waals surface area contributed by atoms with Crippen LogP contribution in [0.25, 0.3) is 0 Å². The van der Waals surface area contributed by atoms with Crippen LogP contribution in [0.3, 0.4) is 0 Å². The number of aryl methyl sites for hydroxylation is 2. The van der Waals surface area contributed by atoms with E-state index in [-0.39, 0.29) is 23.0 Å². The fourth-order valence-corrected chi connectivity index (χ4v) is 4.02. The normalized spacial score (nSPS) is 11.7. The highest BCUT2D eigenvalue weighted by atomic mass is 32.2. The first-order valence-corrected chi connectivity index (χ1v) is 8.02. The fraction of sp³-hybridized carbons (Fsp3) is 0.250. The van der Waals surface area contributed by atoms with Crippen molar-refractivity contribution in [2.45, 2.75) is 25.3 Å². The fourth-order valence-electron chi connectivity index (χ4n) is 1.87. The van der Waals surface area contributed by atoms with Gasteiger partial charge in [0.15, 0.2) is 0 Å². The van der Waals surface area contributed by atoms with E-state index in [9.17, 15) is 18.3 Å². The lowest BCUT2D eigenvalue weighted by Gasteiger charge is -2.08. The molecule has 0 saturated carbocycles. The number of nitrogens with one attached hydrogen (secondary N) is 1. The predicted octanol–water partition coefficient (Wildman–Crippen LogP) is 0.800. The van der Waals surface area contributed by atoms with Crippen LogP contribution in [-0.2, 0) is 16.6 Å². The molecule has 0 radical (unpaired) electrons. The Bertz CT molecular complexity index is 728. The zero-order valence-corrected chi connectivity index (χ0v) is 12.4. The van der Waals surface area contributed by atoms with Gasteiger partial charge in [0.2, 0.25) is 10.0 Å². The maximum Gasteiger partial charge on any atom is 0.245 e. The molecule has 20 heavy (non-hydrogen) atoms. The van der Waals surface area contributed by atoms with Gasteiger partial charge in [0.05, 0.1) is 11.5 Å². The van der Waals surface area contributed by atoms with E-state index < -0.39 is 21.6 Å². The molecule has 1 N–H and O–H groups in total. The first-order chi connectivity index (χ1) is 9.33. The molecule has 8 heteroatoms. The van der Waals surface area contributed by atoms with Crippen molar-refractivity contribution in [3.05, 3.63) is 39.5 Å². The zero-order valence-electron chi connectivity index (χ0n) is 10.8. The van der Waals surface area contributed by atoms with E-state index >= 15 is 0 Å². The van der Waals surface area contributed by atoms with Crippen molar-refractivity contribution in [2.24, 2.45) is 0 Å². The number of carbonyl (C=O) groups excluding carboxylic acids is 1. The number of rotatable bonds is 5. The highest BCUT2D eigenvalue weighted by Gasteiger charge is 2.27. The number of hydrogen-bond acceptors (Lipinski definition) is 6. The summed E-state index contributed by atoms with van der Waals surface area (Å²) in [7, 11) is -3.98. The molecule has 0 unspecified atom stereocenters. The van der Waals surface area contributed by atoms with Crippen LogP contribution in [0.5, 0.6) is 0 Å². The first kappa shape index (κ1) is 14.8. The average molecular weight is 314 g/mol. The van der Waals surface area contributed by atoms with Gasteiger partial charge >= 0.3 is 0 Å². The van der Waals surface area contributed by atoms with Gasteiger partial charge in [0.1, 0.15) is 16.4 Å². The summed E-state index contributed by atoms with van der Waals surface area (Å²) in [6.07, 6.45) is 0. The maximum absolute atomic E-state index is 12.2. The van der Waals surface area contributed by atoms with E-state index in [0.29, 0.717) is 0 Å². The lowest BCUT2D eigenvalue weighted by molar-refractivity contribution is -0.255. The molecule has 2 aromatic rings. The van der Waals surface area contributed by atoms with Crippen molar-refractivity contribution in [2.75, 3.05) is 0 Å². The lowest BCUT2D eigenvalue weighted by Crippen LogP contribution is -2.29. The number of carboxylic acids is 1. The van der Waals surface area contributed by atoms with Crippen LogP contribution in [0.4, 0.5) is 0 Å². The summed E-state index contributed by atoms with van der Waals surface area (Å²) in [4.78, 5) is 11.5. The molecular formula is C12H12NO5S2-. The Balaban J connectivity index is 2.37. The average Bonchev–Trinajstić information content (AvgIpc) is 2.94. The van der Waals surface area contributed by atoms with Gasteiger partial charge in [-0.2, -0.15) is 0 Å². The third-order valence-electron chi connectivity index (χ3n) is 2.69. The van der Waals surface area contributed by atoms with E-state index in [0.717, 1.165) is 4.88 Å². The number of hydrogen-bond donors (Lipinski definition) is 1. The first-order valence-electron chi connectivity index (χ1n) is 5.66. The molecule has 0 saturated heterocycles. The maximum atomic E-state index is 12.2. The third-order valence-corrected chi connectivity index (χ3v) is 5.12. The lowest BCUT2D eigenvalue weighted by atomic mass is 10.2. The number of thiophene rings is 1. The van der Waals surface area contributed by atoms with E-state index in [1.165, 1.54) is 25.2 Å². The van der Waals surface area contributed by atoms with Gasteiger partial charge in [-0.3, -0.25) is 0 Å². The number of furan rings is 1. The Morgan fingerprint density at radius 3 is 2.65 bits per heavy atom. The third kappa shape index (κ3) is 2.77. The molecule has 0 bridgehead atoms. The van der Waals surface area contributed by atoms with Crippen LogP contribution in [0.1, 0.15) is 26.8 Å². The molecule has 0 aliphatic carbocycles. The molecule has 108 valence electrons. The minimum absolute atomic E-state index is 0.0130. The van der Waals surface area contributed by atoms with Crippen molar-refractivity contribution in [3.63, 3.8) is 0 Å². The van der Waals surface area contributed by atoms with Gasteiger partial charge in [0.25, 0.3) is 0 Å². The number of aromatic carboxylic acids is 1. The van der Waals surface area contributed by atoms with Crippen LogP contribution in [0, 0.1) is 13.8 Å². The second kappa shape index (κ2) is 5.39. The van der Waals surface area contributed by atoms with Crippen molar-refractivity contribution in [1.29, 1.82) is 0 Å². The van der Waals surface area contributed by atoms with Crippen LogP contribution < -0.4 is 9.83 Å². The van der Waals surface area contributed by atoms with Crippen molar-refractivity contribution in [1.82, 2.24) is 4.72 Å². The molecule has 0 aliphatic rings. The summed E-state index contributed by atoms with van der Waals surface area (Å²) in [5.74, 6) is -1.53. The summed E-state index contributed by atoms with van der Waals surface area (Å²) in [5, 5.41) is 12.9. The Morgan fingerprint density at radius 2 is 2.10 bits per heavy atom. The Labute approximate surface area is 120 Å². The van der Waals surface area contributed by atoms with Crippen LogP contribution in [0.15, 0.2) is 26.8 Å². The van der Waals surface area contributed by atoms with Crippen LogP contribution >= 0.6 is 11.3 Å². The number of carbonyl (C=O) groups is 1. The van der Waals surface area contributed by atoms with E-state index in [1.54, 1.807) is 12.1 Å². The molecule has 0 atom stereocenters. The zero-order chi connectivity index (χ0) is 14.9. The molecule has 2 heterocycles. The highest BCUT2D eigenvalue weighted by Crippen LogP contribution is 2.26. The number of carboxylic acid groups (broad SMARTS) is 1. The second-order valence-electron chi connectivity index (χ2n) is 4.11. The van der Waals surface area contributed by atoms with E-state index in [1.807, 2.05) is 5.38 Å². The molecular weight excluding hydrogens is 302 g/mol. The second-order valence-corrected chi connectivity index (χ2v) is 6.85. The highest BCUT2D eigenvalue weighted by molar-refractivity contribution is 7.89. The summed E-state index contributed by atoms with van der Waals surface area (Å²) in [6.45, 7) is 2.88. The van der Waals surface area contributed by atoms with Gasteiger partial charge in [-0.15, -0.1) is 11.3 Å². The minimum Gasteiger partial charge on any atom is -0.545 e. The van der Waals surface area contributed by atoms with Gasteiger partial charge in [0, 0.05) is 11.4 Å². The van der Waals surface area contributed by atoms with Crippen LogP contribution in [-0.4, -0.2) is 14.4 Å². The SMILES string of the molecule is Cc1oc(C)c(S(=O)(=O)NCc2cccs2)c1C(=O)[O-]. The Kier molecular flexibility index (Phi) is 3.98. The largest absolute Gasteiger partial charge is 0.545 e. The summed E-state index contributed by atoms with van der Waals surface area (Å²) in [6, 6.07) is 3.58. The quantitative estimate of drug-likeness (QED) is 0.880. The summed E-state index contributed by atoms with van der Waals surface area (Å²) < 4.78 is 31.9. The van der Waals surface area contributed by atoms with Crippen molar-refractivity contribution in [3.8, 4) is 0 Å². The number of sulfonamides is 1. The minimum atomic E-state index is -3.98. The molecule has 0 amide bonds. The smallest absolute Gasteiger partial charge is 0.245 e. The molecule has 0 spiro atoms. The van der Waals surface area contributed by atoms with Gasteiger partial charge in [-0.1, -0.05) is 6.07 Å². The Morgan fingerprint density at radius 1 is 1.40 bits per heavy atom.